The second kappa shape index (κ2) is 6.77. The minimum atomic E-state index is -0.771. The fraction of sp³-hybridized carbons (Fsp3) is 0.583. The maximum atomic E-state index is 11.6. The Morgan fingerprint density at radius 1 is 1.42 bits per heavy atom. The molecule has 3 amide bonds. The zero-order valence-electron chi connectivity index (χ0n) is 11.6. The molecule has 1 atom stereocenters. The van der Waals surface area contributed by atoms with Gasteiger partial charge in [0.05, 0.1) is 12.4 Å². The third-order valence-corrected chi connectivity index (χ3v) is 2.36. The van der Waals surface area contributed by atoms with Crippen LogP contribution in [0.2, 0.25) is 0 Å². The Labute approximate surface area is 112 Å². The number of nitrogens with zero attached hydrogens (tertiary/aromatic N) is 2. The summed E-state index contributed by atoms with van der Waals surface area (Å²) in [5, 5.41) is 8.76. The SMILES string of the molecule is CCNC(=O)NC(=O)C(C)Oc1cnn(C(C)C)c1. The lowest BCUT2D eigenvalue weighted by Crippen LogP contribution is -2.45. The summed E-state index contributed by atoms with van der Waals surface area (Å²) in [6, 6.07) is -0.308. The van der Waals surface area contributed by atoms with Gasteiger partial charge in [-0.1, -0.05) is 0 Å². The summed E-state index contributed by atoms with van der Waals surface area (Å²) in [6.45, 7) is 7.77. The van der Waals surface area contributed by atoms with E-state index in [1.165, 1.54) is 6.20 Å². The molecule has 0 aliphatic heterocycles. The molecule has 0 saturated heterocycles. The van der Waals surface area contributed by atoms with Crippen molar-refractivity contribution in [1.82, 2.24) is 20.4 Å². The van der Waals surface area contributed by atoms with E-state index < -0.39 is 18.0 Å². The van der Waals surface area contributed by atoms with Crippen molar-refractivity contribution in [2.75, 3.05) is 6.54 Å². The Balaban J connectivity index is 2.51. The summed E-state index contributed by atoms with van der Waals surface area (Å²) in [7, 11) is 0. The topological polar surface area (TPSA) is 85.2 Å². The van der Waals surface area contributed by atoms with Crippen molar-refractivity contribution in [2.45, 2.75) is 39.8 Å². The fourth-order valence-electron chi connectivity index (χ4n) is 1.34. The van der Waals surface area contributed by atoms with E-state index in [-0.39, 0.29) is 6.04 Å². The van der Waals surface area contributed by atoms with Crippen molar-refractivity contribution < 1.29 is 14.3 Å². The van der Waals surface area contributed by atoms with Gasteiger partial charge in [-0.15, -0.1) is 0 Å². The molecule has 1 heterocycles. The number of imide groups is 1. The Bertz CT molecular complexity index is 442. The minimum absolute atomic E-state index is 0.219. The molecule has 0 spiro atoms. The van der Waals surface area contributed by atoms with Gasteiger partial charge in [0.25, 0.3) is 5.91 Å². The van der Waals surface area contributed by atoms with Crippen molar-refractivity contribution in [3.05, 3.63) is 12.4 Å². The van der Waals surface area contributed by atoms with Crippen LogP contribution in [0.15, 0.2) is 12.4 Å². The average molecular weight is 268 g/mol. The molecule has 0 aromatic carbocycles. The van der Waals surface area contributed by atoms with Crippen molar-refractivity contribution in [1.29, 1.82) is 0 Å². The zero-order valence-corrected chi connectivity index (χ0v) is 11.6. The van der Waals surface area contributed by atoms with E-state index in [9.17, 15) is 9.59 Å². The molecule has 2 N–H and O–H groups in total. The lowest BCUT2D eigenvalue weighted by molar-refractivity contribution is -0.126. The van der Waals surface area contributed by atoms with Gasteiger partial charge in [0.15, 0.2) is 11.9 Å². The van der Waals surface area contributed by atoms with Crippen LogP contribution in [0, 0.1) is 0 Å². The first kappa shape index (κ1) is 15.0. The molecule has 1 aromatic heterocycles. The normalized spacial score (nSPS) is 12.1. The van der Waals surface area contributed by atoms with Gasteiger partial charge < -0.3 is 10.1 Å². The van der Waals surface area contributed by atoms with Crippen LogP contribution in [-0.2, 0) is 4.79 Å². The Morgan fingerprint density at radius 2 is 2.11 bits per heavy atom. The minimum Gasteiger partial charge on any atom is -0.478 e. The highest BCUT2D eigenvalue weighted by Crippen LogP contribution is 2.13. The second-order valence-electron chi connectivity index (χ2n) is 4.36. The van der Waals surface area contributed by atoms with E-state index in [1.807, 2.05) is 13.8 Å². The molecule has 7 heteroatoms. The Morgan fingerprint density at radius 3 is 2.63 bits per heavy atom. The zero-order chi connectivity index (χ0) is 14.4. The molecular formula is C12H20N4O3. The quantitative estimate of drug-likeness (QED) is 0.836. The van der Waals surface area contributed by atoms with E-state index in [1.54, 1.807) is 24.7 Å². The van der Waals surface area contributed by atoms with Gasteiger partial charge in [0.1, 0.15) is 0 Å². The van der Waals surface area contributed by atoms with Crippen LogP contribution < -0.4 is 15.4 Å². The van der Waals surface area contributed by atoms with E-state index in [0.29, 0.717) is 12.3 Å². The highest BCUT2D eigenvalue weighted by molar-refractivity contribution is 5.96. The monoisotopic (exact) mass is 268 g/mol. The standard InChI is InChI=1S/C12H20N4O3/c1-5-13-12(18)15-11(17)9(4)19-10-6-14-16(7-10)8(2)3/h6-9H,5H2,1-4H3,(H2,13,15,17,18). The summed E-state index contributed by atoms with van der Waals surface area (Å²) >= 11 is 0. The largest absolute Gasteiger partial charge is 0.478 e. The number of ether oxygens (including phenoxy) is 1. The van der Waals surface area contributed by atoms with Crippen LogP contribution in [0.5, 0.6) is 5.75 Å². The van der Waals surface area contributed by atoms with E-state index in [2.05, 4.69) is 15.7 Å². The molecule has 1 unspecified atom stereocenters. The van der Waals surface area contributed by atoms with Crippen molar-refractivity contribution >= 4 is 11.9 Å². The molecule has 0 radical (unpaired) electrons. The number of hydrogen-bond acceptors (Lipinski definition) is 4. The van der Waals surface area contributed by atoms with Gasteiger partial charge in [0, 0.05) is 12.6 Å². The highest BCUT2D eigenvalue weighted by atomic mass is 16.5. The number of carbonyl (C=O) groups excluding carboxylic acids is 2. The number of carbonyl (C=O) groups is 2. The lowest BCUT2D eigenvalue weighted by atomic mass is 10.4. The van der Waals surface area contributed by atoms with Crippen LogP contribution in [0.4, 0.5) is 4.79 Å². The van der Waals surface area contributed by atoms with Crippen molar-refractivity contribution in [2.24, 2.45) is 0 Å². The van der Waals surface area contributed by atoms with Gasteiger partial charge in [-0.3, -0.25) is 14.8 Å². The molecule has 0 aliphatic carbocycles. The first-order valence-electron chi connectivity index (χ1n) is 6.23. The van der Waals surface area contributed by atoms with Gasteiger partial charge in [-0.25, -0.2) is 4.79 Å². The molecule has 106 valence electrons. The molecule has 0 saturated carbocycles. The molecular weight excluding hydrogens is 248 g/mol. The molecule has 0 fully saturated rings. The molecule has 0 bridgehead atoms. The second-order valence-corrected chi connectivity index (χ2v) is 4.36. The number of urea groups is 1. The van der Waals surface area contributed by atoms with E-state index >= 15 is 0 Å². The molecule has 1 aromatic rings. The Kier molecular flexibility index (Phi) is 5.35. The van der Waals surface area contributed by atoms with Crippen molar-refractivity contribution in [3.8, 4) is 5.75 Å². The lowest BCUT2D eigenvalue weighted by Gasteiger charge is -2.12. The summed E-state index contributed by atoms with van der Waals surface area (Å²) in [5.74, 6) is -0.00417. The molecule has 0 aliphatic rings. The third-order valence-electron chi connectivity index (χ3n) is 2.36. The summed E-state index contributed by atoms with van der Waals surface area (Å²) in [4.78, 5) is 22.8. The van der Waals surface area contributed by atoms with Gasteiger partial charge in [0.2, 0.25) is 0 Å². The third kappa shape index (κ3) is 4.61. The smallest absolute Gasteiger partial charge is 0.321 e. The van der Waals surface area contributed by atoms with Crippen molar-refractivity contribution in [3.63, 3.8) is 0 Å². The maximum absolute atomic E-state index is 11.6. The molecule has 1 rings (SSSR count). The van der Waals surface area contributed by atoms with Gasteiger partial charge >= 0.3 is 6.03 Å². The molecule has 19 heavy (non-hydrogen) atoms. The molecule has 7 nitrogen and oxygen atoms in total. The first-order valence-corrected chi connectivity index (χ1v) is 6.23. The first-order chi connectivity index (χ1) is 8.93. The number of rotatable bonds is 5. The van der Waals surface area contributed by atoms with Crippen LogP contribution in [0.3, 0.4) is 0 Å². The predicted octanol–water partition coefficient (Wildman–Crippen LogP) is 1.08. The highest BCUT2D eigenvalue weighted by Gasteiger charge is 2.17. The van der Waals surface area contributed by atoms with Crippen LogP contribution >= 0.6 is 0 Å². The van der Waals surface area contributed by atoms with Crippen LogP contribution in [-0.4, -0.2) is 34.4 Å². The van der Waals surface area contributed by atoms with Crippen LogP contribution in [0.25, 0.3) is 0 Å². The van der Waals surface area contributed by atoms with E-state index in [0.717, 1.165) is 0 Å². The summed E-state index contributed by atoms with van der Waals surface area (Å²) < 4.78 is 7.14. The van der Waals surface area contributed by atoms with Crippen LogP contribution in [0.1, 0.15) is 33.7 Å². The number of aromatic nitrogens is 2. The fourth-order valence-corrected chi connectivity index (χ4v) is 1.34. The van der Waals surface area contributed by atoms with Gasteiger partial charge in [-0.2, -0.15) is 5.10 Å². The number of amides is 3. The predicted molar refractivity (Wildman–Crippen MR) is 69.9 cm³/mol. The summed E-state index contributed by atoms with van der Waals surface area (Å²) in [5.41, 5.74) is 0. The average Bonchev–Trinajstić information content (AvgIpc) is 2.77. The maximum Gasteiger partial charge on any atom is 0.321 e. The summed E-state index contributed by atoms with van der Waals surface area (Å²) in [6.07, 6.45) is 2.48. The van der Waals surface area contributed by atoms with Gasteiger partial charge in [-0.05, 0) is 27.7 Å². The number of nitrogens with one attached hydrogen (secondary N) is 2. The Hall–Kier alpha value is -2.05. The number of hydrogen-bond donors (Lipinski definition) is 2. The van der Waals surface area contributed by atoms with E-state index in [4.69, 9.17) is 4.74 Å².